The zero-order chi connectivity index (χ0) is 8.04. The van der Waals surface area contributed by atoms with E-state index in [4.69, 9.17) is 9.79 Å². The first kappa shape index (κ1) is 14.2. The maximum atomic E-state index is 10.3. The molecule has 0 saturated carbocycles. The van der Waals surface area contributed by atoms with Gasteiger partial charge in [-0.1, -0.05) is 26.2 Å². The van der Waals surface area contributed by atoms with Crippen LogP contribution < -0.4 is 0 Å². The first-order valence-corrected chi connectivity index (χ1v) is 5.40. The highest BCUT2D eigenvalue weighted by Crippen LogP contribution is 2.35. The molecule has 0 unspecified atom stereocenters. The lowest BCUT2D eigenvalue weighted by Gasteiger charge is -2.01. The lowest BCUT2D eigenvalue weighted by Crippen LogP contribution is -1.87. The van der Waals surface area contributed by atoms with Crippen LogP contribution in [0.1, 0.15) is 32.6 Å². The van der Waals surface area contributed by atoms with Crippen molar-refractivity contribution in [3.8, 4) is 0 Å². The molecular weight excluding hydrogens is 178 g/mol. The maximum Gasteiger partial charge on any atom is 0.325 e. The Bertz CT molecular complexity index is 123. The molecule has 0 heterocycles. The fourth-order valence-corrected chi connectivity index (χ4v) is 1.38. The van der Waals surface area contributed by atoms with Crippen LogP contribution in [0.5, 0.6) is 0 Å². The molecular formula is C6H18AlO3P. The molecule has 11 heavy (non-hydrogen) atoms. The van der Waals surface area contributed by atoms with Gasteiger partial charge in [0.25, 0.3) is 0 Å². The monoisotopic (exact) mass is 196 g/mol. The zero-order valence-corrected chi connectivity index (χ0v) is 7.18. The Kier molecular flexibility index (Phi) is 9.49. The van der Waals surface area contributed by atoms with Gasteiger partial charge in [0.1, 0.15) is 0 Å². The van der Waals surface area contributed by atoms with Gasteiger partial charge in [0, 0.05) is 6.16 Å². The van der Waals surface area contributed by atoms with E-state index in [0.29, 0.717) is 6.42 Å². The maximum absolute atomic E-state index is 10.3. The van der Waals surface area contributed by atoms with Gasteiger partial charge in [0.15, 0.2) is 17.4 Å². The van der Waals surface area contributed by atoms with Gasteiger partial charge in [-0.15, -0.1) is 0 Å². The highest BCUT2D eigenvalue weighted by molar-refractivity contribution is 7.51. The van der Waals surface area contributed by atoms with Crippen LogP contribution in [-0.4, -0.2) is 33.3 Å². The molecule has 0 aliphatic carbocycles. The van der Waals surface area contributed by atoms with Crippen LogP contribution in [0, 0.1) is 0 Å². The number of hydrogen-bond acceptors (Lipinski definition) is 1. The molecule has 0 amide bonds. The Morgan fingerprint density at radius 2 is 1.73 bits per heavy atom. The summed E-state index contributed by atoms with van der Waals surface area (Å²) in [6, 6.07) is 0. The SMILES string of the molecule is CCCCCCP(=O)(O)O.[AlH3]. The lowest BCUT2D eigenvalue weighted by atomic mass is 10.2. The number of hydrogen-bond donors (Lipinski definition) is 2. The predicted molar refractivity (Wildman–Crippen MR) is 51.0 cm³/mol. The third-order valence-corrected chi connectivity index (χ3v) is 2.20. The Morgan fingerprint density at radius 3 is 2.09 bits per heavy atom. The number of unbranched alkanes of at least 4 members (excludes halogenated alkanes) is 3. The predicted octanol–water partition coefficient (Wildman–Crippen LogP) is 0.560. The van der Waals surface area contributed by atoms with Crippen LogP contribution in [-0.2, 0) is 4.57 Å². The van der Waals surface area contributed by atoms with Crippen molar-refractivity contribution < 1.29 is 14.4 Å². The summed E-state index contributed by atoms with van der Waals surface area (Å²) in [5.41, 5.74) is 0. The van der Waals surface area contributed by atoms with Gasteiger partial charge in [0.2, 0.25) is 0 Å². The summed E-state index contributed by atoms with van der Waals surface area (Å²) in [6.45, 7) is 2.07. The van der Waals surface area contributed by atoms with E-state index in [1.165, 1.54) is 0 Å². The van der Waals surface area contributed by atoms with E-state index >= 15 is 0 Å². The molecule has 0 radical (unpaired) electrons. The van der Waals surface area contributed by atoms with Crippen molar-refractivity contribution in [2.45, 2.75) is 32.6 Å². The molecule has 5 heteroatoms. The van der Waals surface area contributed by atoms with Crippen LogP contribution in [0.15, 0.2) is 0 Å². The van der Waals surface area contributed by atoms with E-state index in [9.17, 15) is 4.57 Å². The van der Waals surface area contributed by atoms with Gasteiger partial charge in [-0.25, -0.2) is 0 Å². The van der Waals surface area contributed by atoms with E-state index in [-0.39, 0.29) is 23.5 Å². The summed E-state index contributed by atoms with van der Waals surface area (Å²) >= 11 is 0. The van der Waals surface area contributed by atoms with Gasteiger partial charge < -0.3 is 9.79 Å². The quantitative estimate of drug-likeness (QED) is 0.383. The molecule has 0 rings (SSSR count). The van der Waals surface area contributed by atoms with Crippen molar-refractivity contribution in [3.05, 3.63) is 0 Å². The van der Waals surface area contributed by atoms with E-state index in [2.05, 4.69) is 6.92 Å². The second-order valence-electron chi connectivity index (χ2n) is 2.45. The molecule has 2 N–H and O–H groups in total. The lowest BCUT2D eigenvalue weighted by molar-refractivity contribution is 0.371. The van der Waals surface area contributed by atoms with Gasteiger partial charge >= 0.3 is 7.60 Å². The number of rotatable bonds is 5. The molecule has 3 nitrogen and oxygen atoms in total. The fraction of sp³-hybridized carbons (Fsp3) is 1.00. The molecule has 68 valence electrons. The fourth-order valence-electron chi connectivity index (χ4n) is 0.745. The highest BCUT2D eigenvalue weighted by Gasteiger charge is 2.10. The highest BCUT2D eigenvalue weighted by atomic mass is 31.2. The first-order valence-electron chi connectivity index (χ1n) is 3.61. The summed E-state index contributed by atoms with van der Waals surface area (Å²) in [7, 11) is -3.71. The Hall–Kier alpha value is 0.682. The molecule has 0 aromatic rings. The van der Waals surface area contributed by atoms with Crippen molar-refractivity contribution in [2.24, 2.45) is 0 Å². The van der Waals surface area contributed by atoms with Crippen molar-refractivity contribution in [1.82, 2.24) is 0 Å². The molecule has 0 bridgehead atoms. The Morgan fingerprint density at radius 1 is 1.18 bits per heavy atom. The average molecular weight is 196 g/mol. The van der Waals surface area contributed by atoms with Gasteiger partial charge in [-0.05, 0) is 6.42 Å². The zero-order valence-electron chi connectivity index (χ0n) is 6.29. The Balaban J connectivity index is 0. The molecule has 0 aromatic heterocycles. The van der Waals surface area contributed by atoms with Crippen LogP contribution in [0.25, 0.3) is 0 Å². The smallest absolute Gasteiger partial charge is 0.324 e. The van der Waals surface area contributed by atoms with E-state index in [1.807, 2.05) is 0 Å². The molecule has 0 atom stereocenters. The van der Waals surface area contributed by atoms with E-state index < -0.39 is 7.60 Å². The molecule has 0 spiro atoms. The van der Waals surface area contributed by atoms with Crippen molar-refractivity contribution in [3.63, 3.8) is 0 Å². The minimum absolute atomic E-state index is 0. The van der Waals surface area contributed by atoms with Crippen molar-refractivity contribution in [1.29, 1.82) is 0 Å². The standard InChI is InChI=1S/C6H15O3P.Al.3H/c1-2-3-4-5-6-10(7,8)9;;;;/h2-6H2,1H3,(H2,7,8,9);;;;. The molecule has 0 fully saturated rings. The van der Waals surface area contributed by atoms with Crippen LogP contribution >= 0.6 is 7.60 Å². The van der Waals surface area contributed by atoms with Gasteiger partial charge in [0.05, 0.1) is 0 Å². The minimum atomic E-state index is -3.71. The topological polar surface area (TPSA) is 57.5 Å². The summed E-state index contributed by atoms with van der Waals surface area (Å²) in [4.78, 5) is 16.9. The summed E-state index contributed by atoms with van der Waals surface area (Å²) in [5.74, 6) is 0. The van der Waals surface area contributed by atoms with Crippen molar-refractivity contribution in [2.75, 3.05) is 6.16 Å². The summed E-state index contributed by atoms with van der Waals surface area (Å²) in [6.07, 6.45) is 3.80. The summed E-state index contributed by atoms with van der Waals surface area (Å²) < 4.78 is 10.3. The minimum Gasteiger partial charge on any atom is -0.324 e. The first-order chi connectivity index (χ1) is 4.56. The summed E-state index contributed by atoms with van der Waals surface area (Å²) in [5, 5.41) is 0. The van der Waals surface area contributed by atoms with Crippen LogP contribution in [0.2, 0.25) is 0 Å². The van der Waals surface area contributed by atoms with E-state index in [1.54, 1.807) is 0 Å². The van der Waals surface area contributed by atoms with Crippen LogP contribution in [0.4, 0.5) is 0 Å². The van der Waals surface area contributed by atoms with Crippen molar-refractivity contribution >= 4 is 25.0 Å². The Labute approximate surface area is 78.5 Å². The molecule has 0 aliphatic rings. The second-order valence-corrected chi connectivity index (χ2v) is 4.23. The van der Waals surface area contributed by atoms with E-state index in [0.717, 1.165) is 19.3 Å². The third kappa shape index (κ3) is 13.6. The van der Waals surface area contributed by atoms with Gasteiger partial charge in [-0.2, -0.15) is 0 Å². The molecule has 0 aromatic carbocycles. The molecule has 0 aliphatic heterocycles. The van der Waals surface area contributed by atoms with Crippen LogP contribution in [0.3, 0.4) is 0 Å². The molecule has 0 saturated heterocycles. The largest absolute Gasteiger partial charge is 0.325 e. The second kappa shape index (κ2) is 7.34. The normalized spacial score (nSPS) is 10.8. The van der Waals surface area contributed by atoms with Gasteiger partial charge in [-0.3, -0.25) is 4.57 Å². The average Bonchev–Trinajstić information content (AvgIpc) is 1.78. The third-order valence-electron chi connectivity index (χ3n) is 1.30.